The second kappa shape index (κ2) is 5.59. The highest BCUT2D eigenvalue weighted by Gasteiger charge is 1.95. The molecule has 0 radical (unpaired) electrons. The first-order chi connectivity index (χ1) is 8.63. The normalized spacial score (nSPS) is 10.8. The van der Waals surface area contributed by atoms with E-state index in [1.54, 1.807) is 13.1 Å². The van der Waals surface area contributed by atoms with Crippen LogP contribution in [0.2, 0.25) is 0 Å². The summed E-state index contributed by atoms with van der Waals surface area (Å²) in [4.78, 5) is 17.8. The molecule has 0 aliphatic rings. The number of halogens is 1. The van der Waals surface area contributed by atoms with Crippen LogP contribution in [0.5, 0.6) is 0 Å². The van der Waals surface area contributed by atoms with Crippen LogP contribution in [0.4, 0.5) is 5.95 Å². The number of nitrogens with one attached hydrogen (secondary N) is 2. The number of benzene rings is 1. The van der Waals surface area contributed by atoms with E-state index < -0.39 is 0 Å². The van der Waals surface area contributed by atoms with Gasteiger partial charge < -0.3 is 0 Å². The molecule has 0 atom stereocenters. The van der Waals surface area contributed by atoms with Crippen molar-refractivity contribution >= 4 is 28.1 Å². The molecule has 1 aromatic carbocycles. The van der Waals surface area contributed by atoms with Crippen molar-refractivity contribution in [2.24, 2.45) is 5.10 Å². The molecule has 2 N–H and O–H groups in total. The highest BCUT2D eigenvalue weighted by Crippen LogP contribution is 2.09. The van der Waals surface area contributed by atoms with Crippen molar-refractivity contribution in [3.8, 4) is 0 Å². The van der Waals surface area contributed by atoms with Gasteiger partial charge in [-0.2, -0.15) is 5.10 Å². The smallest absolute Gasteiger partial charge is 0.252 e. The number of hydrazone groups is 1. The van der Waals surface area contributed by atoms with Gasteiger partial charge in [-0.3, -0.25) is 9.78 Å². The fraction of sp³-hybridized carbons (Fsp3) is 0.0833. The minimum absolute atomic E-state index is 0.205. The third-order valence-corrected chi connectivity index (χ3v) is 2.65. The van der Waals surface area contributed by atoms with E-state index in [0.29, 0.717) is 11.6 Å². The molecule has 0 saturated carbocycles. The maximum absolute atomic E-state index is 11.2. The minimum atomic E-state index is -0.205. The van der Waals surface area contributed by atoms with E-state index in [0.717, 1.165) is 10.0 Å². The molecule has 0 aliphatic heterocycles. The van der Waals surface area contributed by atoms with Crippen molar-refractivity contribution in [3.63, 3.8) is 0 Å². The van der Waals surface area contributed by atoms with Crippen molar-refractivity contribution in [1.82, 2.24) is 9.97 Å². The van der Waals surface area contributed by atoms with E-state index in [1.807, 2.05) is 24.3 Å². The predicted molar refractivity (Wildman–Crippen MR) is 75.0 cm³/mol. The van der Waals surface area contributed by atoms with Crippen molar-refractivity contribution in [1.29, 1.82) is 0 Å². The minimum Gasteiger partial charge on any atom is -0.291 e. The summed E-state index contributed by atoms with van der Waals surface area (Å²) in [5.41, 5.74) is 4.06. The first-order valence-electron chi connectivity index (χ1n) is 5.26. The molecule has 1 aromatic heterocycles. The standard InChI is InChI=1S/C12H11BrN4O/c1-8-6-11(18)16-12(15-8)17-14-7-9-2-4-10(13)5-3-9/h2-7H,1H3,(H2,15,16,17,18)/b14-7-. The molecule has 0 spiro atoms. The summed E-state index contributed by atoms with van der Waals surface area (Å²) in [6, 6.07) is 9.11. The lowest BCUT2D eigenvalue weighted by Crippen LogP contribution is -2.10. The summed E-state index contributed by atoms with van der Waals surface area (Å²) < 4.78 is 1.01. The number of hydrogen-bond donors (Lipinski definition) is 2. The Hall–Kier alpha value is -1.95. The molecule has 1 heterocycles. The summed E-state index contributed by atoms with van der Waals surface area (Å²) in [5, 5.41) is 4.00. The topological polar surface area (TPSA) is 70.1 Å². The highest BCUT2D eigenvalue weighted by molar-refractivity contribution is 9.10. The van der Waals surface area contributed by atoms with Crippen LogP contribution in [0.1, 0.15) is 11.3 Å². The molecule has 18 heavy (non-hydrogen) atoms. The number of aromatic nitrogens is 2. The Kier molecular flexibility index (Phi) is 3.88. The van der Waals surface area contributed by atoms with Gasteiger partial charge in [-0.15, -0.1) is 0 Å². The van der Waals surface area contributed by atoms with Gasteiger partial charge in [-0.1, -0.05) is 28.1 Å². The Morgan fingerprint density at radius 2 is 2.11 bits per heavy atom. The lowest BCUT2D eigenvalue weighted by Gasteiger charge is -1.99. The van der Waals surface area contributed by atoms with E-state index in [2.05, 4.69) is 36.4 Å². The fourth-order valence-electron chi connectivity index (χ4n) is 1.35. The third kappa shape index (κ3) is 3.53. The van der Waals surface area contributed by atoms with E-state index in [1.165, 1.54) is 6.07 Å². The Bertz CT molecular complexity index is 619. The van der Waals surface area contributed by atoms with Gasteiger partial charge in [0, 0.05) is 16.2 Å². The van der Waals surface area contributed by atoms with Crippen LogP contribution >= 0.6 is 15.9 Å². The summed E-state index contributed by atoms with van der Waals surface area (Å²) in [6.45, 7) is 1.75. The first-order valence-corrected chi connectivity index (χ1v) is 6.05. The van der Waals surface area contributed by atoms with Gasteiger partial charge in [-0.05, 0) is 24.6 Å². The number of hydrogen-bond acceptors (Lipinski definition) is 4. The first kappa shape index (κ1) is 12.5. The second-order valence-electron chi connectivity index (χ2n) is 3.66. The Morgan fingerprint density at radius 3 is 2.78 bits per heavy atom. The molecular formula is C12H11BrN4O. The van der Waals surface area contributed by atoms with Gasteiger partial charge in [0.2, 0.25) is 5.95 Å². The maximum atomic E-state index is 11.2. The molecular weight excluding hydrogens is 296 g/mol. The second-order valence-corrected chi connectivity index (χ2v) is 4.57. The number of nitrogens with zero attached hydrogens (tertiary/aromatic N) is 2. The molecule has 5 nitrogen and oxygen atoms in total. The van der Waals surface area contributed by atoms with Gasteiger partial charge in [0.05, 0.1) is 6.21 Å². The molecule has 0 aliphatic carbocycles. The van der Waals surface area contributed by atoms with Crippen LogP contribution in [0.25, 0.3) is 0 Å². The lowest BCUT2D eigenvalue weighted by atomic mass is 10.2. The Balaban J connectivity index is 2.07. The molecule has 0 amide bonds. The van der Waals surface area contributed by atoms with Crippen LogP contribution in [-0.2, 0) is 0 Å². The maximum Gasteiger partial charge on any atom is 0.252 e. The van der Waals surface area contributed by atoms with Gasteiger partial charge in [0.25, 0.3) is 5.56 Å². The zero-order chi connectivity index (χ0) is 13.0. The highest BCUT2D eigenvalue weighted by atomic mass is 79.9. The van der Waals surface area contributed by atoms with Crippen molar-refractivity contribution < 1.29 is 0 Å². The average Bonchev–Trinajstić information content (AvgIpc) is 2.30. The Morgan fingerprint density at radius 1 is 1.39 bits per heavy atom. The fourth-order valence-corrected chi connectivity index (χ4v) is 1.61. The quantitative estimate of drug-likeness (QED) is 0.675. The van der Waals surface area contributed by atoms with Crippen LogP contribution in [0.3, 0.4) is 0 Å². The van der Waals surface area contributed by atoms with Crippen molar-refractivity contribution in [2.75, 3.05) is 5.43 Å². The average molecular weight is 307 g/mol. The molecule has 2 aromatic rings. The predicted octanol–water partition coefficient (Wildman–Crippen LogP) is 2.29. The number of H-pyrrole nitrogens is 1. The number of rotatable bonds is 3. The molecule has 92 valence electrons. The molecule has 0 saturated heterocycles. The molecule has 6 heteroatoms. The van der Waals surface area contributed by atoms with Crippen LogP contribution in [0, 0.1) is 6.92 Å². The third-order valence-electron chi connectivity index (χ3n) is 2.12. The zero-order valence-electron chi connectivity index (χ0n) is 9.64. The van der Waals surface area contributed by atoms with E-state index in [-0.39, 0.29) is 5.56 Å². The lowest BCUT2D eigenvalue weighted by molar-refractivity contribution is 1.04. The number of aryl methyl sites for hydroxylation is 1. The summed E-state index contributed by atoms with van der Waals surface area (Å²) in [7, 11) is 0. The zero-order valence-corrected chi connectivity index (χ0v) is 11.2. The van der Waals surface area contributed by atoms with E-state index in [4.69, 9.17) is 0 Å². The molecule has 0 unspecified atom stereocenters. The van der Waals surface area contributed by atoms with Crippen LogP contribution in [0.15, 0.2) is 44.7 Å². The number of anilines is 1. The summed E-state index contributed by atoms with van der Waals surface area (Å²) >= 11 is 3.36. The van der Waals surface area contributed by atoms with Crippen LogP contribution in [-0.4, -0.2) is 16.2 Å². The van der Waals surface area contributed by atoms with E-state index in [9.17, 15) is 4.79 Å². The largest absolute Gasteiger partial charge is 0.291 e. The van der Waals surface area contributed by atoms with Gasteiger partial charge in [0.15, 0.2) is 0 Å². The SMILES string of the molecule is Cc1cc(=O)[nH]c(N/N=C\c2ccc(Br)cc2)n1. The van der Waals surface area contributed by atoms with E-state index >= 15 is 0 Å². The van der Waals surface area contributed by atoms with Gasteiger partial charge >= 0.3 is 0 Å². The monoisotopic (exact) mass is 306 g/mol. The Labute approximate surface area is 112 Å². The molecule has 0 bridgehead atoms. The molecule has 2 rings (SSSR count). The number of aromatic amines is 1. The summed E-state index contributed by atoms with van der Waals surface area (Å²) in [5.74, 6) is 0.327. The van der Waals surface area contributed by atoms with Gasteiger partial charge in [-0.25, -0.2) is 10.4 Å². The van der Waals surface area contributed by atoms with Crippen molar-refractivity contribution in [2.45, 2.75) is 6.92 Å². The van der Waals surface area contributed by atoms with Gasteiger partial charge in [0.1, 0.15) is 0 Å². The molecule has 0 fully saturated rings. The van der Waals surface area contributed by atoms with Crippen molar-refractivity contribution in [3.05, 3.63) is 56.4 Å². The van der Waals surface area contributed by atoms with Crippen LogP contribution < -0.4 is 11.0 Å². The summed E-state index contributed by atoms with van der Waals surface area (Å²) in [6.07, 6.45) is 1.65.